The van der Waals surface area contributed by atoms with Crippen LogP contribution in [0.1, 0.15) is 26.3 Å². The third-order valence-corrected chi connectivity index (χ3v) is 6.01. The van der Waals surface area contributed by atoms with Crippen LogP contribution < -0.4 is 21.7 Å². The molecule has 1 fully saturated rings. The fourth-order valence-electron chi connectivity index (χ4n) is 3.80. The SMILES string of the molecule is CC(=O)N[C@@H](Cc1ccccc1)C(=O)N[C@H](C(=O)N[C@H](C)C(N)=O)[C@@H](C)O[C@@H]1O[C@H](CO)[C@H](O)[C@H](O)[C@H]1O. The van der Waals surface area contributed by atoms with Gasteiger partial charge in [0.15, 0.2) is 6.29 Å². The highest BCUT2D eigenvalue weighted by atomic mass is 16.7. The summed E-state index contributed by atoms with van der Waals surface area (Å²) in [6, 6.07) is 5.12. The smallest absolute Gasteiger partial charge is 0.245 e. The highest BCUT2D eigenvalue weighted by Crippen LogP contribution is 2.23. The fourth-order valence-corrected chi connectivity index (χ4v) is 3.80. The molecule has 0 bridgehead atoms. The number of nitrogens with two attached hydrogens (primary N) is 1. The molecule has 1 aliphatic rings. The van der Waals surface area contributed by atoms with E-state index in [1.165, 1.54) is 20.8 Å². The molecule has 14 nitrogen and oxygen atoms in total. The van der Waals surface area contributed by atoms with E-state index >= 15 is 0 Å². The number of amides is 4. The van der Waals surface area contributed by atoms with E-state index in [0.717, 1.165) is 5.56 Å². The summed E-state index contributed by atoms with van der Waals surface area (Å²) in [7, 11) is 0. The number of hydrogen-bond acceptors (Lipinski definition) is 10. The quantitative estimate of drug-likeness (QED) is 0.130. The van der Waals surface area contributed by atoms with Crippen LogP contribution in [0, 0.1) is 0 Å². The second-order valence-corrected chi connectivity index (χ2v) is 9.10. The number of ether oxygens (including phenoxy) is 2. The number of aliphatic hydroxyl groups is 4. The van der Waals surface area contributed by atoms with Crippen molar-refractivity contribution < 1.29 is 49.1 Å². The molecule has 1 saturated heterocycles. The highest BCUT2D eigenvalue weighted by Gasteiger charge is 2.45. The average molecular weight is 541 g/mol. The summed E-state index contributed by atoms with van der Waals surface area (Å²) in [5, 5.41) is 47.1. The molecule has 1 heterocycles. The molecule has 0 aromatic heterocycles. The zero-order valence-corrected chi connectivity index (χ0v) is 21.3. The van der Waals surface area contributed by atoms with Crippen molar-refractivity contribution in [1.29, 1.82) is 0 Å². The number of aliphatic hydroxyl groups excluding tert-OH is 4. The summed E-state index contributed by atoms with van der Waals surface area (Å²) < 4.78 is 11.0. The van der Waals surface area contributed by atoms with Gasteiger partial charge >= 0.3 is 0 Å². The molecule has 0 unspecified atom stereocenters. The van der Waals surface area contributed by atoms with Gasteiger partial charge in [-0.25, -0.2) is 0 Å². The number of carbonyl (C=O) groups excluding carboxylic acids is 4. The van der Waals surface area contributed by atoms with Crippen molar-refractivity contribution >= 4 is 23.6 Å². The molecule has 38 heavy (non-hydrogen) atoms. The Balaban J connectivity index is 2.27. The monoisotopic (exact) mass is 540 g/mol. The second kappa shape index (κ2) is 14.1. The van der Waals surface area contributed by atoms with Gasteiger partial charge < -0.3 is 51.6 Å². The Morgan fingerprint density at radius 2 is 1.61 bits per heavy atom. The van der Waals surface area contributed by atoms with Crippen LogP contribution >= 0.6 is 0 Å². The summed E-state index contributed by atoms with van der Waals surface area (Å²) >= 11 is 0. The van der Waals surface area contributed by atoms with Crippen LogP contribution in [0.25, 0.3) is 0 Å². The predicted molar refractivity (Wildman–Crippen MR) is 131 cm³/mol. The molecule has 1 aromatic carbocycles. The number of hydrogen-bond donors (Lipinski definition) is 8. The van der Waals surface area contributed by atoms with Gasteiger partial charge in [-0.15, -0.1) is 0 Å². The van der Waals surface area contributed by atoms with Gasteiger partial charge in [-0.2, -0.15) is 0 Å². The van der Waals surface area contributed by atoms with E-state index in [-0.39, 0.29) is 6.42 Å². The maximum absolute atomic E-state index is 13.2. The van der Waals surface area contributed by atoms with E-state index < -0.39 is 85.2 Å². The average Bonchev–Trinajstić information content (AvgIpc) is 2.87. The third-order valence-electron chi connectivity index (χ3n) is 6.01. The summed E-state index contributed by atoms with van der Waals surface area (Å²) in [4.78, 5) is 49.6. The fraction of sp³-hybridized carbons (Fsp3) is 0.583. The predicted octanol–water partition coefficient (Wildman–Crippen LogP) is -3.59. The third kappa shape index (κ3) is 8.44. The minimum absolute atomic E-state index is 0.0975. The summed E-state index contributed by atoms with van der Waals surface area (Å²) in [6.45, 7) is 3.21. The first-order chi connectivity index (χ1) is 17.8. The van der Waals surface area contributed by atoms with E-state index in [1.54, 1.807) is 30.3 Å². The number of benzene rings is 1. The van der Waals surface area contributed by atoms with Crippen LogP contribution in [0.2, 0.25) is 0 Å². The van der Waals surface area contributed by atoms with Gasteiger partial charge in [-0.1, -0.05) is 30.3 Å². The maximum atomic E-state index is 13.2. The van der Waals surface area contributed by atoms with Gasteiger partial charge in [0.05, 0.1) is 12.7 Å². The Hall–Kier alpha value is -3.14. The molecule has 0 spiro atoms. The molecule has 0 radical (unpaired) electrons. The second-order valence-electron chi connectivity index (χ2n) is 9.10. The standard InChI is InChI=1S/C24H36N4O10/c1-11(21(25)34)26-23(36)17(12(2)37-24-20(33)19(32)18(31)16(10-29)38-24)28-22(35)15(27-13(3)30)9-14-7-5-4-6-8-14/h4-8,11-12,15-20,24,29,31-33H,9-10H2,1-3H3,(H2,25,34)(H,26,36)(H,27,30)(H,28,35)/t11-,12-,15+,16-,17+,18+,19+,20-,24-/m1/s1. The van der Waals surface area contributed by atoms with E-state index in [2.05, 4.69) is 16.0 Å². The molecule has 14 heteroatoms. The topological polar surface area (TPSA) is 230 Å². The van der Waals surface area contributed by atoms with Gasteiger partial charge in [-0.05, 0) is 19.4 Å². The van der Waals surface area contributed by atoms with Crippen LogP contribution in [0.5, 0.6) is 0 Å². The molecule has 1 aliphatic heterocycles. The molecule has 4 amide bonds. The number of nitrogens with one attached hydrogen (secondary N) is 3. The first-order valence-electron chi connectivity index (χ1n) is 12.0. The van der Waals surface area contributed by atoms with Crippen LogP contribution in [-0.2, 0) is 35.1 Å². The van der Waals surface area contributed by atoms with Crippen molar-refractivity contribution in [2.75, 3.05) is 6.61 Å². The highest BCUT2D eigenvalue weighted by molar-refractivity contribution is 5.94. The molecular formula is C24H36N4O10. The van der Waals surface area contributed by atoms with E-state index in [1.807, 2.05) is 0 Å². The first-order valence-corrected chi connectivity index (χ1v) is 12.0. The summed E-state index contributed by atoms with van der Waals surface area (Å²) in [5.41, 5.74) is 5.96. The number of carbonyl (C=O) groups is 4. The Kier molecular flexibility index (Phi) is 11.6. The van der Waals surface area contributed by atoms with Crippen molar-refractivity contribution in [3.8, 4) is 0 Å². The van der Waals surface area contributed by atoms with Gasteiger partial charge in [0, 0.05) is 13.3 Å². The Labute approximate surface area is 219 Å². The first kappa shape index (κ1) is 31.1. The Morgan fingerprint density at radius 3 is 2.16 bits per heavy atom. The van der Waals surface area contributed by atoms with Crippen molar-refractivity contribution in [3.63, 3.8) is 0 Å². The van der Waals surface area contributed by atoms with E-state index in [4.69, 9.17) is 15.2 Å². The van der Waals surface area contributed by atoms with Gasteiger partial charge in [0.1, 0.15) is 42.5 Å². The van der Waals surface area contributed by atoms with Crippen molar-refractivity contribution in [1.82, 2.24) is 16.0 Å². The van der Waals surface area contributed by atoms with Gasteiger partial charge in [-0.3, -0.25) is 19.2 Å². The van der Waals surface area contributed by atoms with Crippen LogP contribution in [0.3, 0.4) is 0 Å². The molecular weight excluding hydrogens is 504 g/mol. The molecule has 0 aliphatic carbocycles. The van der Waals surface area contributed by atoms with Gasteiger partial charge in [0.25, 0.3) is 0 Å². The van der Waals surface area contributed by atoms with Crippen molar-refractivity contribution in [2.24, 2.45) is 5.73 Å². The molecule has 1 aromatic rings. The Morgan fingerprint density at radius 1 is 0.974 bits per heavy atom. The molecule has 0 saturated carbocycles. The summed E-state index contributed by atoms with van der Waals surface area (Å²) in [5.74, 6) is -2.95. The number of primary amides is 1. The van der Waals surface area contributed by atoms with E-state index in [9.17, 15) is 39.6 Å². The van der Waals surface area contributed by atoms with Crippen LogP contribution in [0.15, 0.2) is 30.3 Å². The molecule has 2 rings (SSSR count). The zero-order chi connectivity index (χ0) is 28.6. The lowest BCUT2D eigenvalue weighted by atomic mass is 9.99. The lowest BCUT2D eigenvalue weighted by Gasteiger charge is -2.41. The maximum Gasteiger partial charge on any atom is 0.245 e. The molecule has 212 valence electrons. The van der Waals surface area contributed by atoms with Gasteiger partial charge in [0.2, 0.25) is 23.6 Å². The Bertz CT molecular complexity index is 963. The lowest BCUT2D eigenvalue weighted by molar-refractivity contribution is -0.311. The van der Waals surface area contributed by atoms with Crippen LogP contribution in [0.4, 0.5) is 0 Å². The van der Waals surface area contributed by atoms with Crippen molar-refractivity contribution in [2.45, 2.75) is 82.1 Å². The van der Waals surface area contributed by atoms with Crippen LogP contribution in [-0.4, -0.2) is 106 Å². The van der Waals surface area contributed by atoms with E-state index in [0.29, 0.717) is 0 Å². The summed E-state index contributed by atoms with van der Waals surface area (Å²) in [6.07, 6.45) is -9.14. The van der Waals surface area contributed by atoms with Crippen molar-refractivity contribution in [3.05, 3.63) is 35.9 Å². The lowest BCUT2D eigenvalue weighted by Crippen LogP contribution is -2.63. The number of rotatable bonds is 12. The minimum atomic E-state index is -1.76. The molecule has 9 N–H and O–H groups in total. The minimum Gasteiger partial charge on any atom is -0.394 e. The normalized spacial score (nSPS) is 26.3. The zero-order valence-electron chi connectivity index (χ0n) is 21.3. The molecule has 9 atom stereocenters. The largest absolute Gasteiger partial charge is 0.394 e.